The maximum atomic E-state index is 6.60. The summed E-state index contributed by atoms with van der Waals surface area (Å²) in [4.78, 5) is 0. The van der Waals surface area contributed by atoms with Gasteiger partial charge in [0.25, 0.3) is 0 Å². The molecule has 0 saturated heterocycles. The van der Waals surface area contributed by atoms with E-state index in [4.69, 9.17) is 5.73 Å². The van der Waals surface area contributed by atoms with Gasteiger partial charge in [0.15, 0.2) is 0 Å². The molecular weight excluding hydrogens is 557 g/mol. The van der Waals surface area contributed by atoms with E-state index in [-0.39, 0.29) is 18.6 Å². The zero-order valence-corrected chi connectivity index (χ0v) is 25.9. The second-order valence-electron chi connectivity index (χ2n) is 11.7. The predicted molar refractivity (Wildman–Crippen MR) is 183 cm³/mol. The molecule has 0 saturated carbocycles. The van der Waals surface area contributed by atoms with Crippen LogP contribution in [0.3, 0.4) is 0 Å². The molecule has 205 valence electrons. The number of anilines is 1. The molecule has 7 aromatic rings. The number of hydrogen-bond acceptors (Lipinski definition) is 1. The SMILES string of the molecule is C=C/C=C\c1cc(-c2cc3c4ccc(C)c5c4c(cc3c3ccc(C)cc23)-c2c[c-]cc(N)c2-5)c2ccccc2c1C.[V]. The first kappa shape index (κ1) is 27.3. The average molecular weight is 588 g/mol. The summed E-state index contributed by atoms with van der Waals surface area (Å²) in [5.74, 6) is 0. The first-order valence-corrected chi connectivity index (χ1v) is 14.5. The van der Waals surface area contributed by atoms with Crippen LogP contribution in [0.4, 0.5) is 5.69 Å². The summed E-state index contributed by atoms with van der Waals surface area (Å²) in [7, 11) is 0. The van der Waals surface area contributed by atoms with Gasteiger partial charge in [-0.2, -0.15) is 18.2 Å². The number of fused-ring (bicyclic) bond motifs is 8. The van der Waals surface area contributed by atoms with Crippen molar-refractivity contribution in [3.8, 4) is 33.4 Å². The molecule has 0 aromatic heterocycles. The quantitative estimate of drug-likeness (QED) is 0.0946. The average Bonchev–Trinajstić information content (AvgIpc) is 3.34. The molecule has 0 unspecified atom stereocenters. The number of benzene rings is 7. The topological polar surface area (TPSA) is 26.0 Å². The van der Waals surface area contributed by atoms with Crippen LogP contribution in [0, 0.1) is 26.8 Å². The molecule has 7 aromatic carbocycles. The normalized spacial score (nSPS) is 12.0. The van der Waals surface area contributed by atoms with Gasteiger partial charge in [0.1, 0.15) is 0 Å². The van der Waals surface area contributed by atoms with Crippen LogP contribution >= 0.6 is 0 Å². The smallest absolute Gasteiger partial charge is 0 e. The Bertz CT molecular complexity index is 2360. The van der Waals surface area contributed by atoms with E-state index in [1.165, 1.54) is 93.2 Å². The molecule has 2 N–H and O–H groups in total. The van der Waals surface area contributed by atoms with E-state index in [1.54, 1.807) is 0 Å². The molecule has 1 aliphatic carbocycles. The second kappa shape index (κ2) is 10.0. The van der Waals surface area contributed by atoms with E-state index in [0.717, 1.165) is 11.3 Å². The summed E-state index contributed by atoms with van der Waals surface area (Å²) < 4.78 is 0. The van der Waals surface area contributed by atoms with Crippen molar-refractivity contribution in [1.29, 1.82) is 0 Å². The number of hydrogen-bond donors (Lipinski definition) is 1. The molecule has 0 atom stereocenters. The van der Waals surface area contributed by atoms with Gasteiger partial charge >= 0.3 is 0 Å². The van der Waals surface area contributed by atoms with Crippen LogP contribution in [0.2, 0.25) is 0 Å². The Morgan fingerprint density at radius 3 is 2.19 bits per heavy atom. The number of nitrogens with two attached hydrogens (primary N) is 1. The Morgan fingerprint density at radius 1 is 0.651 bits per heavy atom. The molecule has 0 heterocycles. The van der Waals surface area contributed by atoms with Gasteiger partial charge in [-0.3, -0.25) is 0 Å². The van der Waals surface area contributed by atoms with Crippen LogP contribution < -0.4 is 5.73 Å². The Balaban J connectivity index is 0.00000300. The van der Waals surface area contributed by atoms with Gasteiger partial charge in [0, 0.05) is 18.6 Å². The Morgan fingerprint density at radius 2 is 1.37 bits per heavy atom. The molecule has 0 bridgehead atoms. The van der Waals surface area contributed by atoms with Crippen molar-refractivity contribution < 1.29 is 18.6 Å². The third-order valence-corrected chi connectivity index (χ3v) is 9.22. The molecule has 0 amide bonds. The first-order valence-electron chi connectivity index (χ1n) is 14.5. The van der Waals surface area contributed by atoms with Crippen LogP contribution in [0.1, 0.15) is 22.3 Å². The number of nitrogen functional groups attached to an aromatic ring is 1. The van der Waals surface area contributed by atoms with Gasteiger partial charge in [0.2, 0.25) is 0 Å². The third-order valence-electron chi connectivity index (χ3n) is 9.22. The van der Waals surface area contributed by atoms with E-state index >= 15 is 0 Å². The van der Waals surface area contributed by atoms with Crippen molar-refractivity contribution >= 4 is 54.9 Å². The van der Waals surface area contributed by atoms with Crippen LogP contribution in [0.15, 0.2) is 104 Å². The summed E-state index contributed by atoms with van der Waals surface area (Å²) in [6, 6.07) is 34.7. The Kier molecular flexibility index (Phi) is 6.36. The van der Waals surface area contributed by atoms with Crippen LogP contribution in [0.25, 0.3) is 82.5 Å². The van der Waals surface area contributed by atoms with Crippen LogP contribution in [-0.2, 0) is 18.6 Å². The molecule has 0 aliphatic heterocycles. The summed E-state index contributed by atoms with van der Waals surface area (Å²) in [6.07, 6.45) is 6.04. The fraction of sp³-hybridized carbons (Fsp3) is 0.0732. The van der Waals surface area contributed by atoms with Gasteiger partial charge in [-0.15, -0.1) is 5.56 Å². The molecule has 1 nitrogen and oxygen atoms in total. The molecule has 8 rings (SSSR count). The van der Waals surface area contributed by atoms with Crippen molar-refractivity contribution in [2.24, 2.45) is 0 Å². The van der Waals surface area contributed by atoms with Crippen LogP contribution in [-0.4, -0.2) is 0 Å². The van der Waals surface area contributed by atoms with Crippen molar-refractivity contribution in [2.75, 3.05) is 5.73 Å². The van der Waals surface area contributed by atoms with Crippen molar-refractivity contribution in [3.63, 3.8) is 0 Å². The largest absolute Gasteiger partial charge is 0.449 e. The molecule has 0 fully saturated rings. The Labute approximate surface area is 264 Å². The van der Waals surface area contributed by atoms with Gasteiger partial charge in [-0.25, -0.2) is 0 Å². The zero-order chi connectivity index (χ0) is 28.7. The molecule has 1 aliphatic rings. The summed E-state index contributed by atoms with van der Waals surface area (Å²) in [5.41, 5.74) is 19.7. The second-order valence-corrected chi connectivity index (χ2v) is 11.7. The standard InChI is InChI=1S/C41H30N.V/c1-5-6-10-26-20-33(28-12-8-7-11-27(28)25(26)4)36-21-35-31-18-16-24(3)39-40(31)37(30-13-9-14-38(42)41(30)39)22-34(35)29-17-15-23(2)19-32(29)36;/h5-8,10-22H,1,42H2,2-4H3;/q-1;/b10-6-;. The molecule has 2 heteroatoms. The van der Waals surface area contributed by atoms with E-state index in [9.17, 15) is 0 Å². The predicted octanol–water partition coefficient (Wildman–Crippen LogP) is 11.1. The fourth-order valence-electron chi connectivity index (χ4n) is 7.24. The van der Waals surface area contributed by atoms with E-state index in [2.05, 4.69) is 118 Å². The summed E-state index contributed by atoms with van der Waals surface area (Å²) in [5, 5.41) is 10.2. The van der Waals surface area contributed by atoms with E-state index < -0.39 is 0 Å². The molecular formula is C41H30NV-. The van der Waals surface area contributed by atoms with Gasteiger partial charge < -0.3 is 5.73 Å². The minimum atomic E-state index is 0. The minimum Gasteiger partial charge on any atom is -0.449 e. The zero-order valence-electron chi connectivity index (χ0n) is 24.5. The van der Waals surface area contributed by atoms with E-state index in [1.807, 2.05) is 18.2 Å². The van der Waals surface area contributed by atoms with Gasteiger partial charge in [0.05, 0.1) is 0 Å². The first-order chi connectivity index (χ1) is 20.5. The van der Waals surface area contributed by atoms with E-state index in [0.29, 0.717) is 0 Å². The van der Waals surface area contributed by atoms with Crippen LogP contribution in [0.5, 0.6) is 0 Å². The van der Waals surface area contributed by atoms with Crippen molar-refractivity contribution in [3.05, 3.63) is 132 Å². The maximum Gasteiger partial charge on any atom is 0 e. The van der Waals surface area contributed by atoms with Crippen molar-refractivity contribution in [2.45, 2.75) is 20.8 Å². The molecule has 1 radical (unpaired) electrons. The third kappa shape index (κ3) is 3.86. The fourth-order valence-corrected chi connectivity index (χ4v) is 7.24. The number of rotatable bonds is 3. The summed E-state index contributed by atoms with van der Waals surface area (Å²) in [6.45, 7) is 10.5. The number of aryl methyl sites for hydroxylation is 3. The number of allylic oxidation sites excluding steroid dienone is 2. The Hall–Kier alpha value is -4.56. The van der Waals surface area contributed by atoms with Gasteiger partial charge in [-0.05, 0) is 109 Å². The monoisotopic (exact) mass is 587 g/mol. The summed E-state index contributed by atoms with van der Waals surface area (Å²) >= 11 is 0. The molecule has 43 heavy (non-hydrogen) atoms. The van der Waals surface area contributed by atoms with Gasteiger partial charge in [-0.1, -0.05) is 108 Å². The maximum absolute atomic E-state index is 6.60. The molecule has 0 spiro atoms. The minimum absolute atomic E-state index is 0. The van der Waals surface area contributed by atoms with Crippen molar-refractivity contribution in [1.82, 2.24) is 0 Å².